The van der Waals surface area contributed by atoms with Crippen LogP contribution in [0.4, 0.5) is 16.2 Å². The van der Waals surface area contributed by atoms with Crippen LogP contribution in [0.3, 0.4) is 0 Å². The van der Waals surface area contributed by atoms with Gasteiger partial charge in [-0.1, -0.05) is 27.7 Å². The number of nitrogens with zero attached hydrogens (tertiary/aromatic N) is 3. The largest absolute Gasteiger partial charge is 0.476 e. The van der Waals surface area contributed by atoms with E-state index in [4.69, 9.17) is 14.2 Å². The Morgan fingerprint density at radius 2 is 1.74 bits per heavy atom. The maximum absolute atomic E-state index is 14.7. The summed E-state index contributed by atoms with van der Waals surface area (Å²) in [6.07, 6.45) is 2.31. The first kappa shape index (κ1) is 39.6. The van der Waals surface area contributed by atoms with Crippen molar-refractivity contribution in [3.63, 3.8) is 0 Å². The van der Waals surface area contributed by atoms with Crippen LogP contribution >= 0.6 is 0 Å². The molecule has 280 valence electrons. The summed E-state index contributed by atoms with van der Waals surface area (Å²) in [4.78, 5) is 60.7. The lowest BCUT2D eigenvalue weighted by Crippen LogP contribution is -2.53. The lowest BCUT2D eigenvalue weighted by molar-refractivity contribution is -0.133. The van der Waals surface area contributed by atoms with E-state index in [9.17, 15) is 24.3 Å². The van der Waals surface area contributed by atoms with Gasteiger partial charge in [-0.3, -0.25) is 14.4 Å². The summed E-state index contributed by atoms with van der Waals surface area (Å²) in [7, 11) is 1.63. The molecule has 0 spiro atoms. The number of ether oxygens (including phenoxy) is 3. The van der Waals surface area contributed by atoms with Crippen LogP contribution in [-0.4, -0.2) is 90.4 Å². The Kier molecular flexibility index (Phi) is 12.7. The normalized spacial score (nSPS) is 21.8. The molecule has 3 amide bonds. The monoisotopic (exact) mass is 699 g/mol. The highest BCUT2D eigenvalue weighted by molar-refractivity contribution is 6.04. The van der Waals surface area contributed by atoms with Crippen molar-refractivity contribution < 1.29 is 38.5 Å². The molecule has 4 atom stereocenters. The first-order valence-corrected chi connectivity index (χ1v) is 18.5. The molecule has 11 nitrogen and oxygen atoms in total. The molecule has 2 aliphatic heterocycles. The molecule has 1 saturated carbocycles. The number of carbonyl (C=O) groups excluding carboxylic acids is 4. The van der Waals surface area contributed by atoms with E-state index in [2.05, 4.69) is 13.8 Å². The molecule has 3 aliphatic rings. The molecule has 0 radical (unpaired) electrons. The molecule has 1 aromatic carbocycles. The van der Waals surface area contributed by atoms with Gasteiger partial charge in [0.25, 0.3) is 5.91 Å². The zero-order valence-corrected chi connectivity index (χ0v) is 32.0. The van der Waals surface area contributed by atoms with Gasteiger partial charge in [-0.15, -0.1) is 0 Å². The Morgan fingerprint density at radius 3 is 2.32 bits per heavy atom. The zero-order chi connectivity index (χ0) is 37.1. The summed E-state index contributed by atoms with van der Waals surface area (Å²) in [5.41, 5.74) is -0.530. The summed E-state index contributed by atoms with van der Waals surface area (Å²) in [6.45, 7) is 18.2. The smallest absolute Gasteiger partial charge is 0.410 e. The van der Waals surface area contributed by atoms with Gasteiger partial charge in [0.05, 0.1) is 17.7 Å². The molecule has 1 saturated heterocycles. The predicted octanol–water partition coefficient (Wildman–Crippen LogP) is 6.23. The van der Waals surface area contributed by atoms with Crippen molar-refractivity contribution in [3.05, 3.63) is 18.2 Å². The minimum absolute atomic E-state index is 0.00289. The highest BCUT2D eigenvalue weighted by Gasteiger charge is 2.45. The first-order valence-electron chi connectivity index (χ1n) is 18.5. The second-order valence-electron chi connectivity index (χ2n) is 16.8. The second kappa shape index (κ2) is 16.0. The number of aliphatic hydroxyl groups is 1. The van der Waals surface area contributed by atoms with Crippen LogP contribution in [0.2, 0.25) is 0 Å². The topological polar surface area (TPSA) is 126 Å². The molecular weight excluding hydrogens is 638 g/mol. The van der Waals surface area contributed by atoms with Crippen molar-refractivity contribution in [2.45, 2.75) is 124 Å². The molecule has 1 N–H and O–H groups in total. The molecule has 2 heterocycles. The van der Waals surface area contributed by atoms with E-state index < -0.39 is 35.2 Å². The van der Waals surface area contributed by atoms with E-state index in [1.54, 1.807) is 51.5 Å². The van der Waals surface area contributed by atoms with Crippen molar-refractivity contribution in [3.8, 4) is 5.75 Å². The number of aliphatic hydroxyl groups excluding tert-OH is 1. The number of amides is 3. The minimum Gasteiger partial charge on any atom is -0.476 e. The number of likely N-dealkylation sites (tertiary alicyclic amines) is 1. The van der Waals surface area contributed by atoms with Crippen LogP contribution in [0.5, 0.6) is 5.75 Å². The van der Waals surface area contributed by atoms with E-state index in [0.29, 0.717) is 55.5 Å². The van der Waals surface area contributed by atoms with Crippen molar-refractivity contribution in [1.29, 1.82) is 0 Å². The highest BCUT2D eigenvalue weighted by Crippen LogP contribution is 2.43. The van der Waals surface area contributed by atoms with E-state index in [1.807, 2.05) is 32.0 Å². The number of anilines is 2. The molecule has 1 aromatic rings. The summed E-state index contributed by atoms with van der Waals surface area (Å²) < 4.78 is 17.1. The van der Waals surface area contributed by atoms with Crippen LogP contribution < -0.4 is 14.5 Å². The quantitative estimate of drug-likeness (QED) is 0.227. The second-order valence-corrected chi connectivity index (χ2v) is 16.8. The number of Topliss-reactive ketones (excluding diaryl/α,β-unsaturated/α-hetero) is 1. The van der Waals surface area contributed by atoms with E-state index in [-0.39, 0.29) is 55.0 Å². The zero-order valence-electron chi connectivity index (χ0n) is 32.0. The van der Waals surface area contributed by atoms with Gasteiger partial charge < -0.3 is 34.0 Å². The maximum atomic E-state index is 14.7. The molecule has 0 aromatic heterocycles. The number of hydrogen-bond donors (Lipinski definition) is 1. The van der Waals surface area contributed by atoms with E-state index in [0.717, 1.165) is 12.8 Å². The lowest BCUT2D eigenvalue weighted by Gasteiger charge is -2.41. The number of piperidine rings is 1. The third-order valence-electron chi connectivity index (χ3n) is 9.83. The summed E-state index contributed by atoms with van der Waals surface area (Å²) in [6, 6.07) is 5.50. The number of carbonyl (C=O) groups is 4. The highest BCUT2D eigenvalue weighted by atomic mass is 16.6. The van der Waals surface area contributed by atoms with Gasteiger partial charge in [0.15, 0.2) is 5.60 Å². The van der Waals surface area contributed by atoms with Crippen LogP contribution in [0.1, 0.15) is 101 Å². The number of ketones is 1. The average molecular weight is 700 g/mol. The third-order valence-corrected chi connectivity index (χ3v) is 9.83. The Morgan fingerprint density at radius 1 is 1.08 bits per heavy atom. The molecule has 2 fully saturated rings. The Labute approximate surface area is 299 Å². The molecule has 11 heteroatoms. The minimum atomic E-state index is -1.04. The summed E-state index contributed by atoms with van der Waals surface area (Å²) >= 11 is 0. The standard InChI is InChI=1S/C39H61N3O8/c1-24(2)18-26(34(44)25(3)4)20-32(43)27-19-28(23-40(22-27)37(47)50-38(5,6)7)35(45)42(29-12-13-29)30-14-15-33-31(21-30)41(16-11-17-48-10)36(46)39(8,9)49-33/h14-15,21,24-29,34,44H,11-13,16-20,22-23H2,1-10H3/t26?,27-,28+,34?/m0/s1. The van der Waals surface area contributed by atoms with Gasteiger partial charge in [-0.2, -0.15) is 0 Å². The SMILES string of the molecule is COCCCN1C(=O)C(C)(C)Oc2ccc(N(C(=O)[C@@H]3C[C@H](C(=O)CC(CC(C)C)C(O)C(C)C)CN(C(=O)OC(C)(C)C)C3)C3CC3)cc21. The molecular formula is C39H61N3O8. The first-order chi connectivity index (χ1) is 23.3. The predicted molar refractivity (Wildman–Crippen MR) is 193 cm³/mol. The van der Waals surface area contributed by atoms with Gasteiger partial charge in [0, 0.05) is 57.4 Å². The summed E-state index contributed by atoms with van der Waals surface area (Å²) in [5, 5.41) is 11.0. The fourth-order valence-corrected chi connectivity index (χ4v) is 7.25. The van der Waals surface area contributed by atoms with Gasteiger partial charge in [-0.25, -0.2) is 4.79 Å². The van der Waals surface area contributed by atoms with Gasteiger partial charge in [0.1, 0.15) is 17.1 Å². The van der Waals surface area contributed by atoms with Crippen LogP contribution in [0.25, 0.3) is 0 Å². The lowest BCUT2D eigenvalue weighted by atomic mass is 9.78. The fraction of sp³-hybridized carbons (Fsp3) is 0.744. The van der Waals surface area contributed by atoms with Crippen molar-refractivity contribution >= 4 is 35.1 Å². The molecule has 2 unspecified atom stereocenters. The van der Waals surface area contributed by atoms with Crippen LogP contribution in [0.15, 0.2) is 18.2 Å². The number of benzene rings is 1. The number of fused-ring (bicyclic) bond motifs is 1. The molecule has 1 aliphatic carbocycles. The molecule has 0 bridgehead atoms. The van der Waals surface area contributed by atoms with Crippen molar-refractivity contribution in [1.82, 2.24) is 4.90 Å². The van der Waals surface area contributed by atoms with Gasteiger partial charge in [0.2, 0.25) is 5.91 Å². The van der Waals surface area contributed by atoms with Crippen molar-refractivity contribution in [2.75, 3.05) is 43.2 Å². The molecule has 4 rings (SSSR count). The van der Waals surface area contributed by atoms with Gasteiger partial charge in [-0.05, 0) is 103 Å². The van der Waals surface area contributed by atoms with E-state index >= 15 is 0 Å². The Bertz CT molecular complexity index is 1380. The number of hydrogen-bond acceptors (Lipinski definition) is 8. The van der Waals surface area contributed by atoms with Crippen LogP contribution in [0, 0.1) is 29.6 Å². The van der Waals surface area contributed by atoms with Crippen LogP contribution in [-0.2, 0) is 23.9 Å². The number of methoxy groups -OCH3 is 1. The Balaban J connectivity index is 1.65. The molecule has 50 heavy (non-hydrogen) atoms. The van der Waals surface area contributed by atoms with E-state index in [1.165, 1.54) is 4.90 Å². The van der Waals surface area contributed by atoms with Gasteiger partial charge >= 0.3 is 6.09 Å². The maximum Gasteiger partial charge on any atom is 0.410 e. The fourth-order valence-electron chi connectivity index (χ4n) is 7.25. The Hall–Kier alpha value is -3.18. The van der Waals surface area contributed by atoms with Crippen molar-refractivity contribution in [2.24, 2.45) is 29.6 Å². The average Bonchev–Trinajstić information content (AvgIpc) is 3.86. The summed E-state index contributed by atoms with van der Waals surface area (Å²) in [5.74, 6) is -0.937. The third kappa shape index (κ3) is 9.78. The number of rotatable bonds is 14.